The monoisotopic (exact) mass is 305 g/mol. The van der Waals surface area contributed by atoms with Crippen LogP contribution in [-0.4, -0.2) is 55.9 Å². The first-order valence-corrected chi connectivity index (χ1v) is 7.84. The third kappa shape index (κ3) is 2.87. The minimum absolute atomic E-state index is 0.00889. The van der Waals surface area contributed by atoms with E-state index in [2.05, 4.69) is 9.97 Å². The van der Waals surface area contributed by atoms with Crippen LogP contribution in [0.5, 0.6) is 0 Å². The zero-order valence-corrected chi connectivity index (χ0v) is 12.1. The van der Waals surface area contributed by atoms with Crippen LogP contribution in [0.3, 0.4) is 0 Å². The van der Waals surface area contributed by atoms with Gasteiger partial charge in [-0.25, -0.2) is 4.98 Å². The van der Waals surface area contributed by atoms with Gasteiger partial charge in [-0.15, -0.1) is 0 Å². The molecule has 1 atom stereocenters. The van der Waals surface area contributed by atoms with Gasteiger partial charge in [0.1, 0.15) is 0 Å². The molecule has 0 aliphatic carbocycles. The molecule has 1 aromatic heterocycles. The quantitative estimate of drug-likeness (QED) is 0.899. The number of fused-ring (bicyclic) bond motifs is 1. The second-order valence-electron chi connectivity index (χ2n) is 4.96. The lowest BCUT2D eigenvalue weighted by Crippen LogP contribution is -2.47. The summed E-state index contributed by atoms with van der Waals surface area (Å²) < 4.78 is 0. The highest BCUT2D eigenvalue weighted by molar-refractivity contribution is 7.99. The number of nitrogens with one attached hydrogen (secondary N) is 1. The number of benzene rings is 1. The predicted molar refractivity (Wildman–Crippen MR) is 80.5 cm³/mol. The van der Waals surface area contributed by atoms with E-state index in [0.717, 1.165) is 16.8 Å². The van der Waals surface area contributed by atoms with Crippen molar-refractivity contribution in [3.05, 3.63) is 30.1 Å². The Morgan fingerprint density at radius 1 is 1.48 bits per heavy atom. The Bertz CT molecular complexity index is 685. The molecular formula is C14H15N3O3S. The number of carbonyl (C=O) groups is 2. The molecule has 3 rings (SSSR count). The molecule has 1 aliphatic heterocycles. The van der Waals surface area contributed by atoms with Crippen LogP contribution in [0.2, 0.25) is 0 Å². The van der Waals surface area contributed by atoms with Crippen LogP contribution >= 0.6 is 11.8 Å². The van der Waals surface area contributed by atoms with Crippen LogP contribution in [0, 0.1) is 0 Å². The largest absolute Gasteiger partial charge is 0.481 e. The van der Waals surface area contributed by atoms with Gasteiger partial charge in [0, 0.05) is 23.6 Å². The molecule has 0 spiro atoms. The van der Waals surface area contributed by atoms with E-state index in [4.69, 9.17) is 5.11 Å². The molecule has 1 saturated heterocycles. The maximum Gasteiger partial charge on any atom is 0.305 e. The highest BCUT2D eigenvalue weighted by atomic mass is 32.2. The lowest BCUT2D eigenvalue weighted by atomic mass is 10.1. The van der Waals surface area contributed by atoms with E-state index in [-0.39, 0.29) is 18.4 Å². The molecule has 0 radical (unpaired) electrons. The number of aliphatic carboxylic acids is 1. The number of H-pyrrole nitrogens is 1. The molecule has 1 fully saturated rings. The summed E-state index contributed by atoms with van der Waals surface area (Å²) >= 11 is 1.69. The number of amides is 1. The van der Waals surface area contributed by atoms with Gasteiger partial charge in [-0.05, 0) is 18.2 Å². The maximum absolute atomic E-state index is 12.6. The summed E-state index contributed by atoms with van der Waals surface area (Å²) in [5.41, 5.74) is 2.18. The lowest BCUT2D eigenvalue weighted by molar-refractivity contribution is -0.138. The zero-order valence-electron chi connectivity index (χ0n) is 11.3. The van der Waals surface area contributed by atoms with Crippen molar-refractivity contribution >= 4 is 34.7 Å². The smallest absolute Gasteiger partial charge is 0.305 e. The number of thioether (sulfide) groups is 1. The van der Waals surface area contributed by atoms with E-state index < -0.39 is 5.97 Å². The molecule has 1 unspecified atom stereocenters. The number of imidazole rings is 1. The number of carboxylic acid groups (broad SMARTS) is 1. The number of aromatic amines is 1. The molecule has 110 valence electrons. The molecule has 7 heteroatoms. The van der Waals surface area contributed by atoms with Crippen molar-refractivity contribution in [1.29, 1.82) is 0 Å². The molecule has 1 aromatic carbocycles. The van der Waals surface area contributed by atoms with Crippen molar-refractivity contribution in [2.75, 3.05) is 18.1 Å². The van der Waals surface area contributed by atoms with Gasteiger partial charge in [0.15, 0.2) is 0 Å². The average molecular weight is 305 g/mol. The Balaban J connectivity index is 1.85. The normalized spacial score (nSPS) is 18.9. The summed E-state index contributed by atoms with van der Waals surface area (Å²) in [5.74, 6) is 0.528. The van der Waals surface area contributed by atoms with E-state index in [1.807, 2.05) is 0 Å². The van der Waals surface area contributed by atoms with E-state index in [9.17, 15) is 9.59 Å². The molecule has 1 aliphatic rings. The second-order valence-corrected chi connectivity index (χ2v) is 6.11. The Morgan fingerprint density at radius 3 is 3.14 bits per heavy atom. The van der Waals surface area contributed by atoms with Crippen LogP contribution in [0.4, 0.5) is 0 Å². The fourth-order valence-corrected chi connectivity index (χ4v) is 3.59. The van der Waals surface area contributed by atoms with Crippen LogP contribution < -0.4 is 0 Å². The summed E-state index contributed by atoms with van der Waals surface area (Å²) in [6.45, 7) is 0.586. The standard InChI is InChI=1S/C14H15N3O3S/c18-13(19)6-10-7-21-4-3-17(10)14(20)9-1-2-11-12(5-9)16-8-15-11/h1-2,5,8,10H,3-4,6-7H2,(H,15,16)(H,18,19). The van der Waals surface area contributed by atoms with E-state index in [1.165, 1.54) is 0 Å². The van der Waals surface area contributed by atoms with E-state index in [0.29, 0.717) is 17.9 Å². The van der Waals surface area contributed by atoms with Gasteiger partial charge in [0.25, 0.3) is 5.91 Å². The summed E-state index contributed by atoms with van der Waals surface area (Å²) in [4.78, 5) is 32.4. The van der Waals surface area contributed by atoms with Gasteiger partial charge in [-0.3, -0.25) is 9.59 Å². The number of hydrogen-bond acceptors (Lipinski definition) is 4. The van der Waals surface area contributed by atoms with Crippen molar-refractivity contribution < 1.29 is 14.7 Å². The Kier molecular flexibility index (Phi) is 3.83. The molecular weight excluding hydrogens is 290 g/mol. The van der Waals surface area contributed by atoms with Crippen LogP contribution in [0.1, 0.15) is 16.8 Å². The van der Waals surface area contributed by atoms with Crippen molar-refractivity contribution in [2.24, 2.45) is 0 Å². The van der Waals surface area contributed by atoms with Crippen LogP contribution in [-0.2, 0) is 4.79 Å². The lowest BCUT2D eigenvalue weighted by Gasteiger charge is -2.34. The molecule has 6 nitrogen and oxygen atoms in total. The SMILES string of the molecule is O=C(O)CC1CSCCN1C(=O)c1ccc2nc[nH]c2c1. The first-order chi connectivity index (χ1) is 10.1. The third-order valence-corrected chi connectivity index (χ3v) is 4.66. The Hall–Kier alpha value is -2.02. The molecule has 2 N–H and O–H groups in total. The first kappa shape index (κ1) is 13.9. The second kappa shape index (κ2) is 5.77. The molecule has 0 bridgehead atoms. The van der Waals surface area contributed by atoms with Crippen molar-refractivity contribution in [2.45, 2.75) is 12.5 Å². The summed E-state index contributed by atoms with van der Waals surface area (Å²) in [5, 5.41) is 8.99. The van der Waals surface area contributed by atoms with Crippen molar-refractivity contribution in [3.63, 3.8) is 0 Å². The molecule has 2 aromatic rings. The maximum atomic E-state index is 12.6. The minimum Gasteiger partial charge on any atom is -0.481 e. The average Bonchev–Trinajstić information content (AvgIpc) is 2.94. The van der Waals surface area contributed by atoms with Gasteiger partial charge >= 0.3 is 5.97 Å². The number of nitrogens with zero attached hydrogens (tertiary/aromatic N) is 2. The van der Waals surface area contributed by atoms with E-state index in [1.54, 1.807) is 41.2 Å². The fourth-order valence-electron chi connectivity index (χ4n) is 2.53. The summed E-state index contributed by atoms with van der Waals surface area (Å²) in [6.07, 6.45) is 1.58. The predicted octanol–water partition coefficient (Wildman–Crippen LogP) is 1.60. The minimum atomic E-state index is -0.871. The first-order valence-electron chi connectivity index (χ1n) is 6.69. The molecule has 21 heavy (non-hydrogen) atoms. The number of hydrogen-bond donors (Lipinski definition) is 2. The van der Waals surface area contributed by atoms with Crippen LogP contribution in [0.25, 0.3) is 11.0 Å². The summed E-state index contributed by atoms with van der Waals surface area (Å²) in [7, 11) is 0. The third-order valence-electron chi connectivity index (χ3n) is 3.57. The Morgan fingerprint density at radius 2 is 2.33 bits per heavy atom. The number of carbonyl (C=O) groups excluding carboxylic acids is 1. The van der Waals surface area contributed by atoms with Gasteiger partial charge < -0.3 is 15.0 Å². The summed E-state index contributed by atoms with van der Waals surface area (Å²) in [6, 6.07) is 5.06. The highest BCUT2D eigenvalue weighted by Crippen LogP contribution is 2.22. The van der Waals surface area contributed by atoms with Gasteiger partial charge in [0.05, 0.1) is 29.8 Å². The molecule has 1 amide bonds. The zero-order chi connectivity index (χ0) is 14.8. The van der Waals surface area contributed by atoms with Crippen molar-refractivity contribution in [1.82, 2.24) is 14.9 Å². The molecule has 2 heterocycles. The fraction of sp³-hybridized carbons (Fsp3) is 0.357. The van der Waals surface area contributed by atoms with Gasteiger partial charge in [-0.2, -0.15) is 11.8 Å². The number of rotatable bonds is 3. The molecule has 0 saturated carbocycles. The van der Waals surface area contributed by atoms with E-state index >= 15 is 0 Å². The van der Waals surface area contributed by atoms with Gasteiger partial charge in [0.2, 0.25) is 0 Å². The van der Waals surface area contributed by atoms with Crippen molar-refractivity contribution in [3.8, 4) is 0 Å². The number of carboxylic acids is 1. The topological polar surface area (TPSA) is 86.3 Å². The van der Waals surface area contributed by atoms with Gasteiger partial charge in [-0.1, -0.05) is 0 Å². The number of aromatic nitrogens is 2. The highest BCUT2D eigenvalue weighted by Gasteiger charge is 2.29. The Labute approximate surface area is 125 Å². The van der Waals surface area contributed by atoms with Crippen LogP contribution in [0.15, 0.2) is 24.5 Å².